The quantitative estimate of drug-likeness (QED) is 0.781. The van der Waals surface area contributed by atoms with Crippen molar-refractivity contribution >= 4 is 40.1 Å². The van der Waals surface area contributed by atoms with Gasteiger partial charge in [0.2, 0.25) is 0 Å². The number of pyridine rings is 1. The van der Waals surface area contributed by atoms with Crippen LogP contribution in [0.3, 0.4) is 0 Å². The van der Waals surface area contributed by atoms with E-state index in [0.717, 1.165) is 5.39 Å². The van der Waals surface area contributed by atoms with E-state index in [2.05, 4.69) is 4.98 Å². The largest absolute Gasteiger partial charge is 0.478 e. The average molecular weight is 242 g/mol. The third-order valence-corrected chi connectivity index (χ3v) is 2.65. The van der Waals surface area contributed by atoms with Gasteiger partial charge in [-0.3, -0.25) is 0 Å². The van der Waals surface area contributed by atoms with Gasteiger partial charge in [0.05, 0.1) is 16.1 Å². The molecule has 0 aliphatic carbocycles. The lowest BCUT2D eigenvalue weighted by Crippen LogP contribution is -1.96. The van der Waals surface area contributed by atoms with Gasteiger partial charge in [-0.2, -0.15) is 0 Å². The van der Waals surface area contributed by atoms with Crippen LogP contribution in [0.1, 0.15) is 10.4 Å². The molecule has 0 radical (unpaired) electrons. The molecule has 3 nitrogen and oxygen atoms in total. The number of rotatable bonds is 1. The van der Waals surface area contributed by atoms with Gasteiger partial charge in [-0.15, -0.1) is 0 Å². The van der Waals surface area contributed by atoms with E-state index < -0.39 is 5.97 Å². The smallest absolute Gasteiger partial charge is 0.335 e. The van der Waals surface area contributed by atoms with Crippen molar-refractivity contribution in [1.29, 1.82) is 0 Å². The Bertz CT molecular complexity index is 554. The molecular weight excluding hydrogens is 237 g/mol. The number of nitrogens with zero attached hydrogens (tertiary/aromatic N) is 1. The summed E-state index contributed by atoms with van der Waals surface area (Å²) in [5.74, 6) is -0.996. The van der Waals surface area contributed by atoms with E-state index >= 15 is 0 Å². The van der Waals surface area contributed by atoms with Crippen LogP contribution in [0.15, 0.2) is 24.3 Å². The number of hydrogen-bond acceptors (Lipinski definition) is 2. The van der Waals surface area contributed by atoms with Gasteiger partial charge in [0, 0.05) is 5.39 Å². The molecule has 0 aliphatic heterocycles. The topological polar surface area (TPSA) is 50.2 Å². The SMILES string of the molecule is O=C(O)c1ccc2cc(Cl)c(Cl)nc2c1. The molecule has 0 unspecified atom stereocenters. The molecule has 1 heterocycles. The van der Waals surface area contributed by atoms with Gasteiger partial charge in [-0.25, -0.2) is 9.78 Å². The molecule has 0 fully saturated rings. The highest BCUT2D eigenvalue weighted by Crippen LogP contribution is 2.25. The van der Waals surface area contributed by atoms with Gasteiger partial charge >= 0.3 is 5.97 Å². The van der Waals surface area contributed by atoms with Crippen LogP contribution < -0.4 is 0 Å². The zero-order valence-corrected chi connectivity index (χ0v) is 8.88. The Labute approximate surface area is 95.3 Å². The number of hydrogen-bond donors (Lipinski definition) is 1. The first-order valence-electron chi connectivity index (χ1n) is 4.07. The number of carboxylic acid groups (broad SMARTS) is 1. The molecule has 0 aliphatic rings. The highest BCUT2D eigenvalue weighted by molar-refractivity contribution is 6.41. The van der Waals surface area contributed by atoms with Crippen molar-refractivity contribution in [2.24, 2.45) is 0 Å². The summed E-state index contributed by atoms with van der Waals surface area (Å²) in [5, 5.41) is 10.1. The zero-order valence-electron chi connectivity index (χ0n) is 7.37. The lowest BCUT2D eigenvalue weighted by atomic mass is 10.1. The normalized spacial score (nSPS) is 10.5. The Hall–Kier alpha value is -1.32. The van der Waals surface area contributed by atoms with Crippen molar-refractivity contribution in [3.63, 3.8) is 0 Å². The highest BCUT2D eigenvalue weighted by Gasteiger charge is 2.06. The van der Waals surface area contributed by atoms with Crippen molar-refractivity contribution in [3.8, 4) is 0 Å². The van der Waals surface area contributed by atoms with E-state index in [0.29, 0.717) is 10.5 Å². The highest BCUT2D eigenvalue weighted by atomic mass is 35.5. The van der Waals surface area contributed by atoms with Gasteiger partial charge in [0.15, 0.2) is 0 Å². The van der Waals surface area contributed by atoms with Crippen LogP contribution in [-0.4, -0.2) is 16.1 Å². The third kappa shape index (κ3) is 1.89. The first kappa shape index (κ1) is 10.2. The van der Waals surface area contributed by atoms with Gasteiger partial charge in [-0.1, -0.05) is 29.3 Å². The maximum Gasteiger partial charge on any atom is 0.335 e. The Morgan fingerprint density at radius 2 is 2.00 bits per heavy atom. The number of carbonyl (C=O) groups is 1. The Kier molecular flexibility index (Phi) is 2.50. The average Bonchev–Trinajstić information content (AvgIpc) is 2.19. The summed E-state index contributed by atoms with van der Waals surface area (Å²) in [6.45, 7) is 0. The number of aromatic carboxylic acids is 1. The minimum Gasteiger partial charge on any atom is -0.478 e. The predicted octanol–water partition coefficient (Wildman–Crippen LogP) is 3.24. The Morgan fingerprint density at radius 3 is 2.67 bits per heavy atom. The third-order valence-electron chi connectivity index (χ3n) is 1.98. The second-order valence-electron chi connectivity index (χ2n) is 2.97. The molecule has 0 spiro atoms. The second-order valence-corrected chi connectivity index (χ2v) is 3.74. The second kappa shape index (κ2) is 3.68. The number of benzene rings is 1. The minimum atomic E-state index is -0.996. The monoisotopic (exact) mass is 241 g/mol. The number of aromatic nitrogens is 1. The molecule has 2 aromatic rings. The summed E-state index contributed by atoms with van der Waals surface area (Å²) < 4.78 is 0. The molecular formula is C10H5Cl2NO2. The maximum atomic E-state index is 10.7. The Balaban J connectivity index is 2.72. The van der Waals surface area contributed by atoms with Gasteiger partial charge in [0.25, 0.3) is 0 Å². The van der Waals surface area contributed by atoms with E-state index in [4.69, 9.17) is 28.3 Å². The lowest BCUT2D eigenvalue weighted by molar-refractivity contribution is 0.0697. The van der Waals surface area contributed by atoms with E-state index in [1.54, 1.807) is 12.1 Å². The van der Waals surface area contributed by atoms with Gasteiger partial charge in [0.1, 0.15) is 5.15 Å². The van der Waals surface area contributed by atoms with Crippen molar-refractivity contribution in [3.05, 3.63) is 40.0 Å². The summed E-state index contributed by atoms with van der Waals surface area (Å²) in [5.41, 5.74) is 0.692. The molecule has 76 valence electrons. The summed E-state index contributed by atoms with van der Waals surface area (Å²) in [7, 11) is 0. The van der Waals surface area contributed by atoms with Crippen LogP contribution in [0.5, 0.6) is 0 Å². The number of fused-ring (bicyclic) bond motifs is 1. The van der Waals surface area contributed by atoms with E-state index in [1.165, 1.54) is 12.1 Å². The lowest BCUT2D eigenvalue weighted by Gasteiger charge is -2.01. The fourth-order valence-corrected chi connectivity index (χ4v) is 1.56. The first-order chi connectivity index (χ1) is 7.08. The number of carboxylic acids is 1. The predicted molar refractivity (Wildman–Crippen MR) is 58.7 cm³/mol. The van der Waals surface area contributed by atoms with E-state index in [1.807, 2.05) is 0 Å². The Morgan fingerprint density at radius 1 is 1.27 bits per heavy atom. The summed E-state index contributed by atoms with van der Waals surface area (Å²) >= 11 is 11.5. The van der Waals surface area contributed by atoms with Crippen LogP contribution in [0.25, 0.3) is 10.9 Å². The number of halogens is 2. The van der Waals surface area contributed by atoms with Crippen LogP contribution in [0, 0.1) is 0 Å². The molecule has 1 N–H and O–H groups in total. The molecule has 5 heteroatoms. The molecule has 15 heavy (non-hydrogen) atoms. The molecule has 1 aromatic heterocycles. The van der Waals surface area contributed by atoms with Crippen molar-refractivity contribution < 1.29 is 9.90 Å². The fraction of sp³-hybridized carbons (Fsp3) is 0. The van der Waals surface area contributed by atoms with Gasteiger partial charge < -0.3 is 5.11 Å². The summed E-state index contributed by atoms with van der Waals surface area (Å²) in [4.78, 5) is 14.7. The van der Waals surface area contributed by atoms with Crippen LogP contribution in [-0.2, 0) is 0 Å². The molecule has 0 amide bonds. The fourth-order valence-electron chi connectivity index (χ4n) is 1.25. The van der Waals surface area contributed by atoms with Crippen LogP contribution >= 0.6 is 23.2 Å². The molecule has 1 aromatic carbocycles. The standard InChI is InChI=1S/C10H5Cl2NO2/c11-7-3-5-1-2-6(10(14)15)4-8(5)13-9(7)12/h1-4H,(H,14,15). The molecule has 0 saturated carbocycles. The molecule has 0 atom stereocenters. The van der Waals surface area contributed by atoms with Crippen molar-refractivity contribution in [1.82, 2.24) is 4.98 Å². The van der Waals surface area contributed by atoms with Gasteiger partial charge in [-0.05, 0) is 18.2 Å². The van der Waals surface area contributed by atoms with Crippen molar-refractivity contribution in [2.75, 3.05) is 0 Å². The molecule has 0 saturated heterocycles. The van der Waals surface area contributed by atoms with E-state index in [-0.39, 0.29) is 10.7 Å². The maximum absolute atomic E-state index is 10.7. The van der Waals surface area contributed by atoms with E-state index in [9.17, 15) is 4.79 Å². The summed E-state index contributed by atoms with van der Waals surface area (Å²) in [6.07, 6.45) is 0. The molecule has 0 bridgehead atoms. The summed E-state index contributed by atoms with van der Waals surface area (Å²) in [6, 6.07) is 6.25. The van der Waals surface area contributed by atoms with Crippen LogP contribution in [0.2, 0.25) is 10.2 Å². The molecule has 2 rings (SSSR count). The zero-order chi connectivity index (χ0) is 11.0. The van der Waals surface area contributed by atoms with Crippen molar-refractivity contribution in [2.45, 2.75) is 0 Å². The van der Waals surface area contributed by atoms with Crippen LogP contribution in [0.4, 0.5) is 0 Å². The first-order valence-corrected chi connectivity index (χ1v) is 4.82. The minimum absolute atomic E-state index is 0.173.